The molecular formula is C12H9BrClNO3S. The van der Waals surface area contributed by atoms with E-state index in [1.807, 2.05) is 0 Å². The second kappa shape index (κ2) is 5.90. The molecule has 0 atom stereocenters. The molecule has 0 aliphatic carbocycles. The number of nitrogens with zero attached hydrogens (tertiary/aromatic N) is 1. The van der Waals surface area contributed by atoms with Gasteiger partial charge in [0, 0.05) is 0 Å². The molecule has 0 amide bonds. The third-order valence-electron chi connectivity index (χ3n) is 2.40. The Morgan fingerprint density at radius 1 is 1.42 bits per heavy atom. The quantitative estimate of drug-likeness (QED) is 0.774. The smallest absolute Gasteiger partial charge is 0.358 e. The number of ether oxygens (including phenoxy) is 2. The van der Waals surface area contributed by atoms with Crippen molar-refractivity contribution in [2.24, 2.45) is 0 Å². The van der Waals surface area contributed by atoms with E-state index in [-0.39, 0.29) is 5.69 Å². The van der Waals surface area contributed by atoms with E-state index in [0.29, 0.717) is 25.1 Å². The standard InChI is InChI=1S/C12H9BrClNO3S/c1-17-7-5-3-4-6(14)8(7)10-9(11(16)18-2)15-12(13)19-10/h3-5H,1-2H3. The minimum atomic E-state index is -0.515. The van der Waals surface area contributed by atoms with E-state index < -0.39 is 5.97 Å². The van der Waals surface area contributed by atoms with Gasteiger partial charge in [-0.3, -0.25) is 0 Å². The summed E-state index contributed by atoms with van der Waals surface area (Å²) in [4.78, 5) is 16.5. The molecule has 100 valence electrons. The Hall–Kier alpha value is -1.11. The maximum atomic E-state index is 11.7. The van der Waals surface area contributed by atoms with Crippen LogP contribution < -0.4 is 4.74 Å². The van der Waals surface area contributed by atoms with Gasteiger partial charge in [0.05, 0.1) is 29.7 Å². The van der Waals surface area contributed by atoms with Crippen LogP contribution in [0.5, 0.6) is 5.75 Å². The van der Waals surface area contributed by atoms with Crippen molar-refractivity contribution in [1.82, 2.24) is 4.98 Å². The Morgan fingerprint density at radius 2 is 2.16 bits per heavy atom. The zero-order valence-corrected chi connectivity index (χ0v) is 13.2. The van der Waals surface area contributed by atoms with Crippen LogP contribution in [0.3, 0.4) is 0 Å². The Bertz CT molecular complexity index is 629. The zero-order valence-electron chi connectivity index (χ0n) is 10.1. The number of hydrogen-bond acceptors (Lipinski definition) is 5. The number of carbonyl (C=O) groups is 1. The van der Waals surface area contributed by atoms with Crippen LogP contribution in [0, 0.1) is 0 Å². The third-order valence-corrected chi connectivity index (χ3v) is 4.24. The van der Waals surface area contributed by atoms with E-state index in [1.165, 1.54) is 18.4 Å². The lowest BCUT2D eigenvalue weighted by atomic mass is 10.1. The van der Waals surface area contributed by atoms with Gasteiger partial charge in [-0.15, -0.1) is 11.3 Å². The number of benzene rings is 1. The SMILES string of the molecule is COC(=O)c1nc(Br)sc1-c1c(Cl)cccc1OC. The Kier molecular flexibility index (Phi) is 4.44. The van der Waals surface area contributed by atoms with Crippen molar-refractivity contribution in [2.45, 2.75) is 0 Å². The fraction of sp³-hybridized carbons (Fsp3) is 0.167. The van der Waals surface area contributed by atoms with Crippen molar-refractivity contribution in [3.8, 4) is 16.2 Å². The van der Waals surface area contributed by atoms with Crippen LogP contribution in [-0.4, -0.2) is 25.2 Å². The molecule has 1 aromatic heterocycles. The molecule has 2 aromatic rings. The highest BCUT2D eigenvalue weighted by atomic mass is 79.9. The van der Waals surface area contributed by atoms with Gasteiger partial charge in [0.25, 0.3) is 0 Å². The van der Waals surface area contributed by atoms with Crippen molar-refractivity contribution < 1.29 is 14.3 Å². The first kappa shape index (κ1) is 14.3. The third kappa shape index (κ3) is 2.75. The van der Waals surface area contributed by atoms with Crippen LogP contribution >= 0.6 is 38.9 Å². The van der Waals surface area contributed by atoms with Gasteiger partial charge in [0.1, 0.15) is 5.75 Å². The van der Waals surface area contributed by atoms with Gasteiger partial charge < -0.3 is 9.47 Å². The minimum absolute atomic E-state index is 0.214. The molecule has 0 unspecified atom stereocenters. The number of halogens is 2. The van der Waals surface area contributed by atoms with E-state index in [2.05, 4.69) is 20.9 Å². The highest BCUT2D eigenvalue weighted by molar-refractivity contribution is 9.11. The predicted molar refractivity (Wildman–Crippen MR) is 78.2 cm³/mol. The van der Waals surface area contributed by atoms with Crippen LogP contribution in [0.2, 0.25) is 5.02 Å². The average Bonchev–Trinajstić information content (AvgIpc) is 2.79. The molecule has 0 fully saturated rings. The summed E-state index contributed by atoms with van der Waals surface area (Å²) >= 11 is 10.8. The first-order chi connectivity index (χ1) is 9.08. The molecule has 2 rings (SSSR count). The van der Waals surface area contributed by atoms with E-state index >= 15 is 0 Å². The van der Waals surface area contributed by atoms with Gasteiger partial charge in [-0.05, 0) is 28.1 Å². The normalized spacial score (nSPS) is 10.3. The van der Waals surface area contributed by atoms with Crippen molar-refractivity contribution in [2.75, 3.05) is 14.2 Å². The Labute approximate surface area is 127 Å². The maximum Gasteiger partial charge on any atom is 0.358 e. The fourth-order valence-electron chi connectivity index (χ4n) is 1.59. The molecule has 1 aromatic carbocycles. The molecule has 0 aliphatic rings. The number of esters is 1. The summed E-state index contributed by atoms with van der Waals surface area (Å²) in [5.41, 5.74) is 0.848. The molecule has 0 aliphatic heterocycles. The lowest BCUT2D eigenvalue weighted by Gasteiger charge is -2.09. The molecule has 7 heteroatoms. The fourth-order valence-corrected chi connectivity index (χ4v) is 3.42. The zero-order chi connectivity index (χ0) is 14.0. The van der Waals surface area contributed by atoms with E-state index in [1.54, 1.807) is 25.3 Å². The van der Waals surface area contributed by atoms with Gasteiger partial charge >= 0.3 is 5.97 Å². The summed E-state index contributed by atoms with van der Waals surface area (Å²) in [7, 11) is 2.85. The van der Waals surface area contributed by atoms with Gasteiger partial charge in [-0.25, -0.2) is 9.78 Å². The predicted octanol–water partition coefficient (Wildman–Crippen LogP) is 4.02. The topological polar surface area (TPSA) is 48.4 Å². The van der Waals surface area contributed by atoms with Crippen molar-refractivity contribution in [1.29, 1.82) is 0 Å². The van der Waals surface area contributed by atoms with E-state index in [4.69, 9.17) is 21.1 Å². The van der Waals surface area contributed by atoms with Crippen LogP contribution in [0.4, 0.5) is 0 Å². The minimum Gasteiger partial charge on any atom is -0.496 e. The van der Waals surface area contributed by atoms with Crippen LogP contribution in [0.1, 0.15) is 10.5 Å². The molecule has 0 saturated heterocycles. The van der Waals surface area contributed by atoms with Crippen LogP contribution in [0.25, 0.3) is 10.4 Å². The van der Waals surface area contributed by atoms with Gasteiger partial charge in [0.2, 0.25) is 0 Å². The van der Waals surface area contributed by atoms with Crippen LogP contribution in [0.15, 0.2) is 22.1 Å². The average molecular weight is 363 g/mol. The molecule has 0 saturated carbocycles. The highest BCUT2D eigenvalue weighted by Crippen LogP contribution is 2.42. The molecule has 19 heavy (non-hydrogen) atoms. The monoisotopic (exact) mass is 361 g/mol. The number of aromatic nitrogens is 1. The first-order valence-electron chi connectivity index (χ1n) is 5.16. The van der Waals surface area contributed by atoms with Crippen molar-refractivity contribution in [3.05, 3.63) is 32.8 Å². The lowest BCUT2D eigenvalue weighted by molar-refractivity contribution is 0.0595. The summed E-state index contributed by atoms with van der Waals surface area (Å²) in [6, 6.07) is 5.28. The van der Waals surface area contributed by atoms with Gasteiger partial charge in [-0.1, -0.05) is 17.7 Å². The lowest BCUT2D eigenvalue weighted by Crippen LogP contribution is -2.03. The second-order valence-corrected chi connectivity index (χ2v) is 6.14. The second-order valence-electron chi connectivity index (χ2n) is 3.45. The van der Waals surface area contributed by atoms with Crippen LogP contribution in [-0.2, 0) is 4.74 Å². The summed E-state index contributed by atoms with van der Waals surface area (Å²) in [6.45, 7) is 0. The Balaban J connectivity index is 2.69. The molecule has 4 nitrogen and oxygen atoms in total. The molecule has 0 spiro atoms. The molecule has 0 N–H and O–H groups in total. The number of carbonyl (C=O) groups excluding carboxylic acids is 1. The summed E-state index contributed by atoms with van der Waals surface area (Å²) in [5, 5.41) is 0.487. The number of thiazole rings is 1. The highest BCUT2D eigenvalue weighted by Gasteiger charge is 2.23. The molecule has 0 bridgehead atoms. The Morgan fingerprint density at radius 3 is 2.79 bits per heavy atom. The summed E-state index contributed by atoms with van der Waals surface area (Å²) in [6.07, 6.45) is 0. The molecule has 0 radical (unpaired) electrons. The number of methoxy groups -OCH3 is 2. The number of rotatable bonds is 3. The summed E-state index contributed by atoms with van der Waals surface area (Å²) < 4.78 is 10.6. The maximum absolute atomic E-state index is 11.7. The molecule has 1 heterocycles. The van der Waals surface area contributed by atoms with E-state index in [9.17, 15) is 4.79 Å². The van der Waals surface area contributed by atoms with E-state index in [0.717, 1.165) is 0 Å². The van der Waals surface area contributed by atoms with Gasteiger partial charge in [-0.2, -0.15) is 0 Å². The van der Waals surface area contributed by atoms with Crippen molar-refractivity contribution >= 4 is 44.8 Å². The number of hydrogen-bond donors (Lipinski definition) is 0. The molecular weight excluding hydrogens is 354 g/mol. The largest absolute Gasteiger partial charge is 0.496 e. The first-order valence-corrected chi connectivity index (χ1v) is 7.14. The van der Waals surface area contributed by atoms with Crippen molar-refractivity contribution in [3.63, 3.8) is 0 Å². The summed E-state index contributed by atoms with van der Waals surface area (Å²) in [5.74, 6) is 0.0627. The van der Waals surface area contributed by atoms with Gasteiger partial charge in [0.15, 0.2) is 9.61 Å².